The van der Waals surface area contributed by atoms with Crippen LogP contribution in [0.4, 0.5) is 4.79 Å². The zero-order chi connectivity index (χ0) is 13.8. The zero-order valence-electron chi connectivity index (χ0n) is 11.0. The van der Waals surface area contributed by atoms with Gasteiger partial charge in [0.25, 0.3) is 0 Å². The SMILES string of the molecule is CCCCOC(=O)N1Cc2cc(I)c(CO)cc2C1. The van der Waals surface area contributed by atoms with Crippen molar-refractivity contribution in [3.8, 4) is 0 Å². The molecule has 0 saturated carbocycles. The van der Waals surface area contributed by atoms with Gasteiger partial charge in [-0.15, -0.1) is 0 Å². The van der Waals surface area contributed by atoms with Crippen molar-refractivity contribution in [2.45, 2.75) is 39.5 Å². The maximum atomic E-state index is 11.9. The second-order valence-electron chi connectivity index (χ2n) is 4.69. The highest BCUT2D eigenvalue weighted by Crippen LogP contribution is 2.27. The maximum absolute atomic E-state index is 11.9. The summed E-state index contributed by atoms with van der Waals surface area (Å²) in [7, 11) is 0. The third kappa shape index (κ3) is 3.39. The molecule has 1 N–H and O–H groups in total. The first-order valence-electron chi connectivity index (χ1n) is 6.48. The van der Waals surface area contributed by atoms with E-state index in [2.05, 4.69) is 29.5 Å². The molecule has 0 atom stereocenters. The summed E-state index contributed by atoms with van der Waals surface area (Å²) >= 11 is 2.21. The molecule has 5 heteroatoms. The Morgan fingerprint density at radius 2 is 2.11 bits per heavy atom. The molecular weight excluding hydrogens is 357 g/mol. The monoisotopic (exact) mass is 375 g/mol. The van der Waals surface area contributed by atoms with Crippen LogP contribution in [0, 0.1) is 3.57 Å². The zero-order valence-corrected chi connectivity index (χ0v) is 13.1. The van der Waals surface area contributed by atoms with E-state index in [0.717, 1.165) is 33.1 Å². The van der Waals surface area contributed by atoms with Crippen LogP contribution in [0.2, 0.25) is 0 Å². The van der Waals surface area contributed by atoms with Gasteiger partial charge in [0, 0.05) is 16.7 Å². The van der Waals surface area contributed by atoms with Gasteiger partial charge >= 0.3 is 6.09 Å². The van der Waals surface area contributed by atoms with Crippen molar-refractivity contribution in [2.75, 3.05) is 6.61 Å². The second-order valence-corrected chi connectivity index (χ2v) is 5.86. The lowest BCUT2D eigenvalue weighted by molar-refractivity contribution is 0.100. The van der Waals surface area contributed by atoms with E-state index in [1.807, 2.05) is 12.1 Å². The van der Waals surface area contributed by atoms with Crippen LogP contribution < -0.4 is 0 Å². The molecule has 1 amide bonds. The van der Waals surface area contributed by atoms with E-state index < -0.39 is 0 Å². The minimum Gasteiger partial charge on any atom is -0.449 e. The molecule has 0 radical (unpaired) electrons. The number of benzene rings is 1. The Labute approximate surface area is 126 Å². The van der Waals surface area contributed by atoms with Gasteiger partial charge < -0.3 is 9.84 Å². The minimum atomic E-state index is -0.245. The molecule has 1 heterocycles. The summed E-state index contributed by atoms with van der Waals surface area (Å²) in [6.07, 6.45) is 1.68. The average Bonchev–Trinajstić information content (AvgIpc) is 2.80. The number of nitrogens with zero attached hydrogens (tertiary/aromatic N) is 1. The highest BCUT2D eigenvalue weighted by Gasteiger charge is 2.25. The fraction of sp³-hybridized carbons (Fsp3) is 0.500. The standard InChI is InChI=1S/C14H18INO3/c1-2-3-4-19-14(18)16-7-10-5-12(9-17)13(15)6-11(10)8-16/h5-6,17H,2-4,7-9H2,1H3. The lowest BCUT2D eigenvalue weighted by Gasteiger charge is -2.14. The molecule has 0 bridgehead atoms. The van der Waals surface area contributed by atoms with Crippen molar-refractivity contribution in [3.63, 3.8) is 0 Å². The van der Waals surface area contributed by atoms with Gasteiger partial charge in [-0.05, 0) is 51.8 Å². The number of aliphatic hydroxyl groups excluding tert-OH is 1. The van der Waals surface area contributed by atoms with Crippen molar-refractivity contribution in [1.82, 2.24) is 4.90 Å². The van der Waals surface area contributed by atoms with E-state index >= 15 is 0 Å². The summed E-state index contributed by atoms with van der Waals surface area (Å²) in [6.45, 7) is 3.76. The van der Waals surface area contributed by atoms with E-state index in [9.17, 15) is 9.90 Å². The topological polar surface area (TPSA) is 49.8 Å². The van der Waals surface area contributed by atoms with Crippen LogP contribution in [0.3, 0.4) is 0 Å². The molecule has 1 aromatic carbocycles. The predicted molar refractivity (Wildman–Crippen MR) is 80.6 cm³/mol. The number of aliphatic hydroxyl groups is 1. The third-order valence-electron chi connectivity index (χ3n) is 3.24. The molecule has 0 aromatic heterocycles. The normalized spacial score (nSPS) is 13.5. The number of carbonyl (C=O) groups excluding carboxylic acids is 1. The molecule has 0 unspecified atom stereocenters. The van der Waals surface area contributed by atoms with Crippen molar-refractivity contribution in [1.29, 1.82) is 0 Å². The Morgan fingerprint density at radius 1 is 1.42 bits per heavy atom. The van der Waals surface area contributed by atoms with Crippen LogP contribution in [-0.2, 0) is 24.4 Å². The quantitative estimate of drug-likeness (QED) is 0.650. The van der Waals surface area contributed by atoms with Crippen LogP contribution in [0.25, 0.3) is 0 Å². The Hall–Kier alpha value is -0.820. The van der Waals surface area contributed by atoms with Gasteiger partial charge in [0.15, 0.2) is 0 Å². The first-order valence-corrected chi connectivity index (χ1v) is 7.56. The van der Waals surface area contributed by atoms with Gasteiger partial charge in [-0.3, -0.25) is 4.90 Å². The molecule has 0 spiro atoms. The maximum Gasteiger partial charge on any atom is 0.410 e. The van der Waals surface area contributed by atoms with Gasteiger partial charge in [-0.25, -0.2) is 4.79 Å². The van der Waals surface area contributed by atoms with E-state index in [0.29, 0.717) is 19.7 Å². The van der Waals surface area contributed by atoms with Crippen LogP contribution in [-0.4, -0.2) is 22.7 Å². The summed E-state index contributed by atoms with van der Waals surface area (Å²) in [5.41, 5.74) is 3.17. The molecule has 0 aliphatic carbocycles. The highest BCUT2D eigenvalue weighted by molar-refractivity contribution is 14.1. The van der Waals surface area contributed by atoms with Crippen molar-refractivity contribution in [3.05, 3.63) is 32.4 Å². The largest absolute Gasteiger partial charge is 0.449 e. The molecule has 4 nitrogen and oxygen atoms in total. The van der Waals surface area contributed by atoms with Gasteiger partial charge in [0.2, 0.25) is 0 Å². The van der Waals surface area contributed by atoms with E-state index in [1.54, 1.807) is 4.90 Å². The summed E-state index contributed by atoms with van der Waals surface area (Å²) in [6, 6.07) is 4.02. The summed E-state index contributed by atoms with van der Waals surface area (Å²) in [5, 5.41) is 9.26. The smallest absolute Gasteiger partial charge is 0.410 e. The lowest BCUT2D eigenvalue weighted by Crippen LogP contribution is -2.26. The number of halogens is 1. The number of fused-ring (bicyclic) bond motifs is 1. The fourth-order valence-corrected chi connectivity index (χ4v) is 2.82. The minimum absolute atomic E-state index is 0.0342. The second kappa shape index (κ2) is 6.56. The summed E-state index contributed by atoms with van der Waals surface area (Å²) in [4.78, 5) is 13.6. The molecule has 0 saturated heterocycles. The third-order valence-corrected chi connectivity index (χ3v) is 4.25. The molecule has 1 aliphatic heterocycles. The lowest BCUT2D eigenvalue weighted by atomic mass is 10.1. The molecule has 19 heavy (non-hydrogen) atoms. The van der Waals surface area contributed by atoms with Crippen molar-refractivity contribution in [2.24, 2.45) is 0 Å². The Bertz CT molecular complexity index is 476. The molecule has 1 aliphatic rings. The van der Waals surface area contributed by atoms with Crippen LogP contribution >= 0.6 is 22.6 Å². The molecule has 104 valence electrons. The Kier molecular flexibility index (Phi) is 5.04. The van der Waals surface area contributed by atoms with E-state index in [-0.39, 0.29) is 12.7 Å². The Morgan fingerprint density at radius 3 is 2.74 bits per heavy atom. The number of amides is 1. The number of rotatable bonds is 4. The van der Waals surface area contributed by atoms with Crippen molar-refractivity contribution >= 4 is 28.7 Å². The van der Waals surface area contributed by atoms with Gasteiger partial charge in [-0.1, -0.05) is 19.4 Å². The predicted octanol–water partition coefficient (Wildman–Crippen LogP) is 3.04. The summed E-state index contributed by atoms with van der Waals surface area (Å²) < 4.78 is 6.26. The number of hydrogen-bond donors (Lipinski definition) is 1. The van der Waals surface area contributed by atoms with Gasteiger partial charge in [0.1, 0.15) is 0 Å². The Balaban J connectivity index is 2.01. The van der Waals surface area contributed by atoms with Crippen LogP contribution in [0.5, 0.6) is 0 Å². The number of hydrogen-bond acceptors (Lipinski definition) is 3. The van der Waals surface area contributed by atoms with E-state index in [4.69, 9.17) is 4.74 Å². The van der Waals surface area contributed by atoms with Crippen LogP contribution in [0.15, 0.2) is 12.1 Å². The highest BCUT2D eigenvalue weighted by atomic mass is 127. The molecule has 0 fully saturated rings. The van der Waals surface area contributed by atoms with Crippen LogP contribution in [0.1, 0.15) is 36.5 Å². The average molecular weight is 375 g/mol. The number of ether oxygens (including phenoxy) is 1. The van der Waals surface area contributed by atoms with Gasteiger partial charge in [0.05, 0.1) is 13.2 Å². The van der Waals surface area contributed by atoms with Crippen molar-refractivity contribution < 1.29 is 14.6 Å². The fourth-order valence-electron chi connectivity index (χ4n) is 2.12. The molecule has 2 rings (SSSR count). The molecule has 1 aromatic rings. The number of unbranched alkanes of at least 4 members (excludes halogenated alkanes) is 1. The van der Waals surface area contributed by atoms with Gasteiger partial charge in [-0.2, -0.15) is 0 Å². The number of carbonyl (C=O) groups is 1. The molecular formula is C14H18INO3. The first kappa shape index (κ1) is 14.6. The van der Waals surface area contributed by atoms with E-state index in [1.165, 1.54) is 0 Å². The first-order chi connectivity index (χ1) is 9.15. The summed E-state index contributed by atoms with van der Waals surface area (Å²) in [5.74, 6) is 0.